The lowest BCUT2D eigenvalue weighted by atomic mass is 10.0. The van der Waals surface area contributed by atoms with E-state index in [1.165, 1.54) is 4.90 Å². The Bertz CT molecular complexity index is 1160. The van der Waals surface area contributed by atoms with E-state index in [9.17, 15) is 19.2 Å². The molecular formula is C24H27ClN4O4. The second kappa shape index (κ2) is 9.23. The SMILES string of the molecule is Cc1ccc(NC(C)C(=O)NCc2ccc3c(c2)CN(C2CCC(=O)NC2=O)C3=O)cc1Cl.[HH]. The van der Waals surface area contributed by atoms with E-state index < -0.39 is 18.0 Å². The molecule has 9 heteroatoms. The van der Waals surface area contributed by atoms with E-state index >= 15 is 0 Å². The van der Waals surface area contributed by atoms with E-state index in [1.807, 2.05) is 25.1 Å². The monoisotopic (exact) mass is 470 g/mol. The molecule has 4 rings (SSSR count). The molecule has 8 nitrogen and oxygen atoms in total. The summed E-state index contributed by atoms with van der Waals surface area (Å²) >= 11 is 6.14. The second-order valence-corrected chi connectivity index (χ2v) is 8.85. The van der Waals surface area contributed by atoms with Gasteiger partial charge in [-0.15, -0.1) is 0 Å². The number of nitrogens with one attached hydrogen (secondary N) is 3. The number of hydrogen-bond donors (Lipinski definition) is 3. The Labute approximate surface area is 198 Å². The highest BCUT2D eigenvalue weighted by atomic mass is 35.5. The predicted octanol–water partition coefficient (Wildman–Crippen LogP) is 2.77. The minimum Gasteiger partial charge on any atom is -0.374 e. The summed E-state index contributed by atoms with van der Waals surface area (Å²) < 4.78 is 0. The number of carbonyl (C=O) groups excluding carboxylic acids is 4. The first kappa shape index (κ1) is 22.8. The van der Waals surface area contributed by atoms with Crippen molar-refractivity contribution in [3.8, 4) is 0 Å². The number of hydrogen-bond acceptors (Lipinski definition) is 5. The van der Waals surface area contributed by atoms with Crippen molar-refractivity contribution in [2.75, 3.05) is 5.32 Å². The third-order valence-electron chi connectivity index (χ3n) is 6.00. The van der Waals surface area contributed by atoms with Crippen molar-refractivity contribution in [1.82, 2.24) is 15.5 Å². The van der Waals surface area contributed by atoms with Crippen LogP contribution in [0.2, 0.25) is 5.02 Å². The Kier molecular flexibility index (Phi) is 6.37. The molecule has 1 fully saturated rings. The first-order valence-electron chi connectivity index (χ1n) is 10.8. The van der Waals surface area contributed by atoms with E-state index in [0.717, 1.165) is 22.4 Å². The van der Waals surface area contributed by atoms with Crippen LogP contribution in [0.5, 0.6) is 0 Å². The number of benzene rings is 2. The lowest BCUT2D eigenvalue weighted by molar-refractivity contribution is -0.137. The van der Waals surface area contributed by atoms with Gasteiger partial charge in [0.15, 0.2) is 0 Å². The molecule has 3 N–H and O–H groups in total. The lowest BCUT2D eigenvalue weighted by Crippen LogP contribution is -2.52. The van der Waals surface area contributed by atoms with Crippen LogP contribution in [-0.4, -0.2) is 40.6 Å². The van der Waals surface area contributed by atoms with E-state index in [1.54, 1.807) is 25.1 Å². The fourth-order valence-electron chi connectivity index (χ4n) is 4.08. The Morgan fingerprint density at radius 2 is 2.03 bits per heavy atom. The van der Waals surface area contributed by atoms with Gasteiger partial charge >= 0.3 is 0 Å². The van der Waals surface area contributed by atoms with Crippen LogP contribution in [0, 0.1) is 6.92 Å². The molecule has 174 valence electrons. The van der Waals surface area contributed by atoms with Crippen LogP contribution in [0.4, 0.5) is 5.69 Å². The van der Waals surface area contributed by atoms with Crippen LogP contribution in [0.25, 0.3) is 0 Å². The average molecular weight is 471 g/mol. The van der Waals surface area contributed by atoms with E-state index in [4.69, 9.17) is 11.6 Å². The predicted molar refractivity (Wildman–Crippen MR) is 126 cm³/mol. The van der Waals surface area contributed by atoms with Crippen LogP contribution in [0.1, 0.15) is 48.2 Å². The number of anilines is 1. The van der Waals surface area contributed by atoms with Gasteiger partial charge in [0.1, 0.15) is 12.1 Å². The summed E-state index contributed by atoms with van der Waals surface area (Å²) in [6, 6.07) is 9.82. The molecule has 0 saturated carbocycles. The zero-order valence-corrected chi connectivity index (χ0v) is 19.2. The van der Waals surface area contributed by atoms with Gasteiger partial charge in [0.05, 0.1) is 0 Å². The Morgan fingerprint density at radius 1 is 1.24 bits per heavy atom. The van der Waals surface area contributed by atoms with Gasteiger partial charge in [-0.05, 0) is 55.2 Å². The quantitative estimate of drug-likeness (QED) is 0.563. The molecule has 0 bridgehead atoms. The number of fused-ring (bicyclic) bond motifs is 1. The zero-order valence-electron chi connectivity index (χ0n) is 18.4. The summed E-state index contributed by atoms with van der Waals surface area (Å²) in [4.78, 5) is 50.4. The van der Waals surface area contributed by atoms with Gasteiger partial charge in [0, 0.05) is 37.2 Å². The van der Waals surface area contributed by atoms with Crippen molar-refractivity contribution < 1.29 is 20.6 Å². The number of aryl methyl sites for hydroxylation is 1. The Balaban J connectivity index is 0.00000324. The molecule has 1 saturated heterocycles. The average Bonchev–Trinajstić information content (AvgIpc) is 3.10. The van der Waals surface area contributed by atoms with Gasteiger partial charge in [-0.1, -0.05) is 29.8 Å². The molecule has 2 heterocycles. The topological polar surface area (TPSA) is 108 Å². The maximum absolute atomic E-state index is 12.8. The minimum atomic E-state index is -0.645. The van der Waals surface area contributed by atoms with Gasteiger partial charge in [-0.3, -0.25) is 24.5 Å². The molecule has 0 spiro atoms. The molecule has 4 amide bonds. The van der Waals surface area contributed by atoms with Gasteiger partial charge in [-0.25, -0.2) is 0 Å². The normalized spacial score (nSPS) is 18.6. The fraction of sp³-hybridized carbons (Fsp3) is 0.333. The number of nitrogens with zero attached hydrogens (tertiary/aromatic N) is 1. The van der Waals surface area contributed by atoms with Crippen molar-refractivity contribution in [1.29, 1.82) is 0 Å². The molecule has 0 radical (unpaired) electrons. The number of imide groups is 1. The smallest absolute Gasteiger partial charge is 0.255 e. The van der Waals surface area contributed by atoms with E-state index in [-0.39, 0.29) is 25.6 Å². The maximum atomic E-state index is 12.8. The van der Waals surface area contributed by atoms with Gasteiger partial charge < -0.3 is 15.5 Å². The molecule has 2 aromatic rings. The molecule has 0 aliphatic carbocycles. The van der Waals surface area contributed by atoms with Gasteiger partial charge in [0.25, 0.3) is 5.91 Å². The zero-order chi connectivity index (χ0) is 23.7. The molecule has 33 heavy (non-hydrogen) atoms. The van der Waals surface area contributed by atoms with E-state index in [2.05, 4.69) is 16.0 Å². The molecule has 2 atom stereocenters. The largest absolute Gasteiger partial charge is 0.374 e. The van der Waals surface area contributed by atoms with Crippen LogP contribution in [0.3, 0.4) is 0 Å². The number of piperidine rings is 1. The highest BCUT2D eigenvalue weighted by Gasteiger charge is 2.39. The summed E-state index contributed by atoms with van der Waals surface area (Å²) in [6.45, 7) is 4.28. The summed E-state index contributed by atoms with van der Waals surface area (Å²) in [7, 11) is 0. The highest BCUT2D eigenvalue weighted by Crippen LogP contribution is 2.28. The molecule has 2 aromatic carbocycles. The molecular weight excluding hydrogens is 444 g/mol. The van der Waals surface area contributed by atoms with Crippen molar-refractivity contribution in [3.63, 3.8) is 0 Å². The van der Waals surface area contributed by atoms with Gasteiger partial charge in [0.2, 0.25) is 17.7 Å². The van der Waals surface area contributed by atoms with Crippen molar-refractivity contribution in [2.24, 2.45) is 0 Å². The lowest BCUT2D eigenvalue weighted by Gasteiger charge is -2.29. The molecule has 2 aliphatic rings. The van der Waals surface area contributed by atoms with Gasteiger partial charge in [-0.2, -0.15) is 0 Å². The number of amides is 4. The van der Waals surface area contributed by atoms with Crippen molar-refractivity contribution in [3.05, 3.63) is 63.7 Å². The third kappa shape index (κ3) is 4.85. The first-order valence-corrected chi connectivity index (χ1v) is 11.2. The number of halogens is 1. The third-order valence-corrected chi connectivity index (χ3v) is 6.41. The summed E-state index contributed by atoms with van der Waals surface area (Å²) in [5.74, 6) is -1.14. The fourth-order valence-corrected chi connectivity index (χ4v) is 4.26. The standard InChI is InChI=1S/C24H25ClN4O4.H2/c1-13-3-5-17(10-19(13)25)27-14(2)22(31)26-11-15-4-6-18-16(9-15)12-29(24(18)33)20-7-8-21(30)28-23(20)32;/h3-6,9-10,14,20,27H,7-8,11-12H2,1-2H3,(H,26,31)(H,28,30,32);1H. The van der Waals surface area contributed by atoms with Crippen LogP contribution in [0.15, 0.2) is 36.4 Å². The molecule has 2 aliphatic heterocycles. The number of carbonyl (C=O) groups is 4. The maximum Gasteiger partial charge on any atom is 0.255 e. The summed E-state index contributed by atoms with van der Waals surface area (Å²) in [5, 5.41) is 8.96. The minimum absolute atomic E-state index is 0. The van der Waals surface area contributed by atoms with Crippen LogP contribution < -0.4 is 16.0 Å². The first-order chi connectivity index (χ1) is 15.7. The van der Waals surface area contributed by atoms with Crippen LogP contribution >= 0.6 is 11.6 Å². The Morgan fingerprint density at radius 3 is 2.76 bits per heavy atom. The molecule has 0 aromatic heterocycles. The second-order valence-electron chi connectivity index (χ2n) is 8.44. The molecule has 2 unspecified atom stereocenters. The highest BCUT2D eigenvalue weighted by molar-refractivity contribution is 6.31. The van der Waals surface area contributed by atoms with Crippen LogP contribution in [-0.2, 0) is 27.5 Å². The summed E-state index contributed by atoms with van der Waals surface area (Å²) in [6.07, 6.45) is 0.541. The van der Waals surface area contributed by atoms with E-state index in [0.29, 0.717) is 30.1 Å². The summed E-state index contributed by atoms with van der Waals surface area (Å²) in [5.41, 5.74) is 3.92. The van der Waals surface area contributed by atoms with Crippen molar-refractivity contribution >= 4 is 40.9 Å². The number of rotatable bonds is 6. The Hall–Kier alpha value is -3.39. The van der Waals surface area contributed by atoms with Crippen molar-refractivity contribution in [2.45, 2.75) is 51.9 Å².